The number of hydrogen-bond acceptors (Lipinski definition) is 16. The van der Waals surface area contributed by atoms with Gasteiger partial charge in [0.2, 0.25) is 41.4 Å². The van der Waals surface area contributed by atoms with E-state index in [2.05, 4.69) is 73.7 Å². The third kappa shape index (κ3) is 20.9. The van der Waals surface area contributed by atoms with Crippen molar-refractivity contribution in [2.75, 3.05) is 98.9 Å². The van der Waals surface area contributed by atoms with E-state index < -0.39 is 92.0 Å². The maximum absolute atomic E-state index is 12.9. The van der Waals surface area contributed by atoms with Crippen LogP contribution >= 0.6 is 31.9 Å². The van der Waals surface area contributed by atoms with E-state index in [1.165, 1.54) is 0 Å². The molecule has 9 amide bonds. The van der Waals surface area contributed by atoms with Crippen molar-refractivity contribution in [3.8, 4) is 0 Å². The number of carbonyl (C=O) groups excluding carboxylic acids is 9. The van der Waals surface area contributed by atoms with Gasteiger partial charge in [-0.3, -0.25) is 48.1 Å². The largest absolute Gasteiger partial charge is 0.379 e. The van der Waals surface area contributed by atoms with Crippen molar-refractivity contribution in [2.45, 2.75) is 29.5 Å². The standard InChI is InChI=1S/C39H52Br2N10O14/c40-17-27-28(18-41)50-36-35(49-27)38(59)51(39(36)60)22-34(57)43-7-9-62-11-13-64-15-14-63-12-10-61-8-6-30(53)44-19-31(54)45-21-33(56)48-26(16-25-4-2-1-3-5-25)37(58)46-20-32(55)47-24-65-23-29(42)52/h1-5,26H,6-24H2,(H2,42,52)(H,43,57)(H,44,53)(H,45,54)(H,46,58)(H,47,55)(H,48,56)/t26-/m0/s1. The first kappa shape index (κ1) is 53.8. The molecule has 1 aliphatic rings. The molecule has 0 saturated carbocycles. The van der Waals surface area contributed by atoms with Gasteiger partial charge in [-0.25, -0.2) is 9.97 Å². The van der Waals surface area contributed by atoms with Crippen LogP contribution in [0, 0.1) is 0 Å². The average molecular weight is 1040 g/mol. The summed E-state index contributed by atoms with van der Waals surface area (Å²) < 4.78 is 26.5. The van der Waals surface area contributed by atoms with Crippen molar-refractivity contribution in [1.82, 2.24) is 46.8 Å². The Balaban J connectivity index is 1.15. The van der Waals surface area contributed by atoms with Gasteiger partial charge in [-0.1, -0.05) is 62.2 Å². The number of halogens is 2. The van der Waals surface area contributed by atoms with Crippen molar-refractivity contribution < 1.29 is 66.8 Å². The zero-order valence-corrected chi connectivity index (χ0v) is 38.5. The molecule has 1 atom stereocenters. The summed E-state index contributed by atoms with van der Waals surface area (Å²) in [5.74, 6) is -5.69. The summed E-state index contributed by atoms with van der Waals surface area (Å²) in [5.41, 5.74) is 6.56. The number of carbonyl (C=O) groups is 9. The number of benzene rings is 1. The van der Waals surface area contributed by atoms with Gasteiger partial charge in [0.25, 0.3) is 11.8 Å². The van der Waals surface area contributed by atoms with Gasteiger partial charge in [-0.2, -0.15) is 0 Å². The van der Waals surface area contributed by atoms with Crippen molar-refractivity contribution in [2.24, 2.45) is 5.73 Å². The maximum atomic E-state index is 12.9. The predicted molar refractivity (Wildman–Crippen MR) is 233 cm³/mol. The van der Waals surface area contributed by atoms with Gasteiger partial charge >= 0.3 is 0 Å². The first-order valence-corrected chi connectivity index (χ1v) is 22.3. The van der Waals surface area contributed by atoms with Gasteiger partial charge in [-0.05, 0) is 5.56 Å². The molecule has 1 aromatic carbocycles. The molecule has 0 saturated heterocycles. The maximum Gasteiger partial charge on any atom is 0.282 e. The molecule has 0 spiro atoms. The molecule has 2 heterocycles. The minimum atomic E-state index is -1.09. The molecule has 0 fully saturated rings. The molecule has 1 aliphatic heterocycles. The number of fused-ring (bicyclic) bond motifs is 1. The normalized spacial score (nSPS) is 12.2. The summed E-state index contributed by atoms with van der Waals surface area (Å²) in [4.78, 5) is 120. The SMILES string of the molecule is NC(=O)COCNC(=O)CNC(=O)[C@H](Cc1ccccc1)NC(=O)CNC(=O)CNC(=O)CCOCCOCCOCCOCCNC(=O)CN1C(=O)c2nc(CBr)c(CBr)nc2C1=O. The minimum Gasteiger partial charge on any atom is -0.379 e. The third-order valence-corrected chi connectivity index (χ3v) is 9.59. The summed E-state index contributed by atoms with van der Waals surface area (Å²) in [7, 11) is 0. The molecule has 24 nitrogen and oxygen atoms in total. The first-order valence-electron chi connectivity index (χ1n) is 20.1. The van der Waals surface area contributed by atoms with Crippen LogP contribution in [0.15, 0.2) is 30.3 Å². The van der Waals surface area contributed by atoms with Crippen molar-refractivity contribution in [1.29, 1.82) is 0 Å². The number of hydrogen-bond donors (Lipinski definition) is 7. The Labute approximate surface area is 390 Å². The second-order valence-corrected chi connectivity index (χ2v) is 14.6. The summed E-state index contributed by atoms with van der Waals surface area (Å²) in [6.07, 6.45) is 0.0532. The van der Waals surface area contributed by atoms with E-state index in [-0.39, 0.29) is 90.4 Å². The van der Waals surface area contributed by atoms with Crippen LogP contribution in [0.4, 0.5) is 0 Å². The number of rotatable bonds is 33. The van der Waals surface area contributed by atoms with Crippen LogP contribution in [-0.2, 0) is 74.3 Å². The second-order valence-electron chi connectivity index (χ2n) is 13.5. The Bertz CT molecular complexity index is 1910. The fourth-order valence-electron chi connectivity index (χ4n) is 5.35. The van der Waals surface area contributed by atoms with E-state index in [1.54, 1.807) is 30.3 Å². The molecule has 356 valence electrons. The molecule has 0 radical (unpaired) electrons. The van der Waals surface area contributed by atoms with E-state index in [4.69, 9.17) is 29.4 Å². The summed E-state index contributed by atoms with van der Waals surface area (Å²) >= 11 is 6.58. The number of aromatic nitrogens is 2. The lowest BCUT2D eigenvalue weighted by Gasteiger charge is -2.19. The molecule has 0 unspecified atom stereocenters. The van der Waals surface area contributed by atoms with E-state index in [0.717, 1.165) is 10.5 Å². The van der Waals surface area contributed by atoms with Gasteiger partial charge in [0.15, 0.2) is 11.4 Å². The smallest absolute Gasteiger partial charge is 0.282 e. The highest BCUT2D eigenvalue weighted by atomic mass is 79.9. The second kappa shape index (κ2) is 30.6. The Morgan fingerprint density at radius 1 is 0.615 bits per heavy atom. The van der Waals surface area contributed by atoms with Gasteiger partial charge in [0.1, 0.15) is 25.9 Å². The van der Waals surface area contributed by atoms with E-state index in [0.29, 0.717) is 22.0 Å². The van der Waals surface area contributed by atoms with Gasteiger partial charge < -0.3 is 61.3 Å². The van der Waals surface area contributed by atoms with Crippen molar-refractivity contribution >= 4 is 85.0 Å². The van der Waals surface area contributed by atoms with Crippen LogP contribution in [-0.4, -0.2) is 173 Å². The average Bonchev–Trinajstić information content (AvgIpc) is 3.52. The highest BCUT2D eigenvalue weighted by Crippen LogP contribution is 2.23. The Hall–Kier alpha value is -5.51. The molecule has 65 heavy (non-hydrogen) atoms. The van der Waals surface area contributed by atoms with Crippen LogP contribution in [0.5, 0.6) is 0 Å². The van der Waals surface area contributed by atoms with E-state index in [1.807, 2.05) is 0 Å². The van der Waals surface area contributed by atoms with Gasteiger partial charge in [0.05, 0.1) is 83.9 Å². The fourth-order valence-corrected chi connectivity index (χ4v) is 6.24. The Morgan fingerprint density at radius 3 is 1.72 bits per heavy atom. The number of alkyl halides is 2. The summed E-state index contributed by atoms with van der Waals surface area (Å²) in [6.45, 7) is -0.575. The number of amides is 9. The van der Waals surface area contributed by atoms with Crippen molar-refractivity contribution in [3.05, 3.63) is 58.7 Å². The van der Waals surface area contributed by atoms with Gasteiger partial charge in [-0.15, -0.1) is 0 Å². The lowest BCUT2D eigenvalue weighted by atomic mass is 10.1. The summed E-state index contributed by atoms with van der Waals surface area (Å²) in [6, 6.07) is 7.70. The minimum absolute atomic E-state index is 0.0334. The molecule has 0 aliphatic carbocycles. The number of nitrogens with one attached hydrogen (secondary N) is 6. The quantitative estimate of drug-likeness (QED) is 0.0163. The zero-order valence-electron chi connectivity index (χ0n) is 35.3. The van der Waals surface area contributed by atoms with Crippen molar-refractivity contribution in [3.63, 3.8) is 0 Å². The molecule has 3 rings (SSSR count). The molecule has 26 heteroatoms. The van der Waals surface area contributed by atoms with Crippen LogP contribution in [0.1, 0.15) is 44.3 Å². The predicted octanol–water partition coefficient (Wildman–Crippen LogP) is -2.91. The molecule has 8 N–H and O–H groups in total. The number of imide groups is 1. The zero-order chi connectivity index (χ0) is 47.4. The lowest BCUT2D eigenvalue weighted by Crippen LogP contribution is -2.52. The Morgan fingerprint density at radius 2 is 1.14 bits per heavy atom. The third-order valence-electron chi connectivity index (χ3n) is 8.52. The Kier molecular flexibility index (Phi) is 25.3. The topological polar surface area (TPSA) is 327 Å². The number of primary amides is 1. The number of nitrogens with two attached hydrogens (primary N) is 1. The highest BCUT2D eigenvalue weighted by molar-refractivity contribution is 9.09. The fraction of sp³-hybridized carbons (Fsp3) is 0.513. The van der Waals surface area contributed by atoms with Crippen LogP contribution in [0.2, 0.25) is 0 Å². The van der Waals surface area contributed by atoms with Gasteiger partial charge in [0, 0.05) is 30.0 Å². The molecular weight excluding hydrogens is 992 g/mol. The highest BCUT2D eigenvalue weighted by Gasteiger charge is 2.40. The summed E-state index contributed by atoms with van der Waals surface area (Å²) in [5, 5.41) is 15.4. The van der Waals surface area contributed by atoms with Crippen LogP contribution < -0.4 is 37.6 Å². The number of nitrogens with zero attached hydrogens (tertiary/aromatic N) is 3. The van der Waals surface area contributed by atoms with Crippen LogP contribution in [0.3, 0.4) is 0 Å². The first-order chi connectivity index (χ1) is 31.3. The molecule has 0 bridgehead atoms. The van der Waals surface area contributed by atoms with E-state index >= 15 is 0 Å². The number of ether oxygens (including phenoxy) is 5. The molecule has 2 aromatic rings. The molecular formula is C39H52Br2N10O14. The van der Waals surface area contributed by atoms with Crippen LogP contribution in [0.25, 0.3) is 0 Å². The molecule has 1 aromatic heterocycles. The lowest BCUT2D eigenvalue weighted by molar-refractivity contribution is -0.131. The van der Waals surface area contributed by atoms with E-state index in [9.17, 15) is 43.2 Å². The monoisotopic (exact) mass is 1040 g/mol.